The van der Waals surface area contributed by atoms with Crippen molar-refractivity contribution < 1.29 is 22.3 Å². The maximum Gasteiger partial charge on any atom is 0.353 e. The van der Waals surface area contributed by atoms with E-state index in [9.17, 15) is 17.6 Å². The fourth-order valence-corrected chi connectivity index (χ4v) is 0.378. The Morgan fingerprint density at radius 2 is 1.70 bits per heavy atom. The maximum absolute atomic E-state index is 11.8. The topological polar surface area (TPSA) is 9.23 Å². The van der Waals surface area contributed by atoms with Crippen molar-refractivity contribution in [2.45, 2.75) is 32.5 Å². The smallest absolute Gasteiger partial charge is 0.312 e. The molecule has 0 aromatic carbocycles. The summed E-state index contributed by atoms with van der Waals surface area (Å²) in [6.45, 7) is 1.31. The first kappa shape index (κ1) is 9.68. The summed E-state index contributed by atoms with van der Waals surface area (Å²) in [4.78, 5) is 0. The van der Waals surface area contributed by atoms with E-state index < -0.39 is 18.6 Å². The third kappa shape index (κ3) is 4.55. The predicted octanol–water partition coefficient (Wildman–Crippen LogP) is 2.27. The lowest BCUT2D eigenvalue weighted by molar-refractivity contribution is -0.264. The van der Waals surface area contributed by atoms with Gasteiger partial charge in [0.1, 0.15) is 6.10 Å². The van der Waals surface area contributed by atoms with Crippen LogP contribution < -0.4 is 0 Å². The van der Waals surface area contributed by atoms with Crippen LogP contribution in [0.3, 0.4) is 0 Å². The Labute approximate surface area is 56.0 Å². The zero-order valence-corrected chi connectivity index (χ0v) is 5.57. The van der Waals surface area contributed by atoms with Gasteiger partial charge < -0.3 is 4.74 Å². The van der Waals surface area contributed by atoms with Crippen molar-refractivity contribution in [2.24, 2.45) is 0 Å². The monoisotopic (exact) mass is 160 g/mol. The van der Waals surface area contributed by atoms with Gasteiger partial charge in [-0.1, -0.05) is 0 Å². The summed E-state index contributed by atoms with van der Waals surface area (Å²) < 4.78 is 50.2. The van der Waals surface area contributed by atoms with Crippen molar-refractivity contribution in [3.8, 4) is 0 Å². The Balaban J connectivity index is 3.68. The standard InChI is InChI=1S/C5H8F4O/c1-3(4(6)7)10-5(2,8)9/h3-4H,1-2H3. The lowest BCUT2D eigenvalue weighted by Gasteiger charge is -2.16. The summed E-state index contributed by atoms with van der Waals surface area (Å²) in [7, 11) is 0. The summed E-state index contributed by atoms with van der Waals surface area (Å²) in [6, 6.07) is 0. The van der Waals surface area contributed by atoms with Crippen LogP contribution in [0.5, 0.6) is 0 Å². The summed E-state index contributed by atoms with van der Waals surface area (Å²) in [6.07, 6.45) is -8.07. The van der Waals surface area contributed by atoms with Crippen molar-refractivity contribution in [3.63, 3.8) is 0 Å². The van der Waals surface area contributed by atoms with Gasteiger partial charge in [0.2, 0.25) is 0 Å². The number of halogens is 4. The molecule has 1 nitrogen and oxygen atoms in total. The van der Waals surface area contributed by atoms with Gasteiger partial charge in [-0.15, -0.1) is 0 Å². The Morgan fingerprint density at radius 1 is 1.30 bits per heavy atom. The lowest BCUT2D eigenvalue weighted by Crippen LogP contribution is -2.27. The number of alkyl halides is 4. The fourth-order valence-electron chi connectivity index (χ4n) is 0.378. The average molecular weight is 160 g/mol. The van der Waals surface area contributed by atoms with E-state index in [1.54, 1.807) is 0 Å². The van der Waals surface area contributed by atoms with Gasteiger partial charge in [-0.2, -0.15) is 8.78 Å². The Kier molecular flexibility index (Phi) is 3.08. The zero-order chi connectivity index (χ0) is 8.36. The summed E-state index contributed by atoms with van der Waals surface area (Å²) in [5.74, 6) is 0. The molecule has 0 heterocycles. The van der Waals surface area contributed by atoms with E-state index in [1.165, 1.54) is 0 Å². The molecule has 62 valence electrons. The van der Waals surface area contributed by atoms with E-state index >= 15 is 0 Å². The molecule has 0 saturated carbocycles. The summed E-state index contributed by atoms with van der Waals surface area (Å²) in [5, 5.41) is 0. The van der Waals surface area contributed by atoms with Crippen molar-refractivity contribution in [3.05, 3.63) is 0 Å². The SMILES string of the molecule is CC(OC(C)(F)F)C(F)F. The predicted molar refractivity (Wildman–Crippen MR) is 27.2 cm³/mol. The van der Waals surface area contributed by atoms with Gasteiger partial charge in [0.05, 0.1) is 0 Å². The lowest BCUT2D eigenvalue weighted by atomic mass is 10.4. The molecule has 0 aliphatic carbocycles. The molecule has 0 rings (SSSR count). The highest BCUT2D eigenvalue weighted by Crippen LogP contribution is 2.18. The molecular weight excluding hydrogens is 152 g/mol. The van der Waals surface area contributed by atoms with Gasteiger partial charge in [-0.3, -0.25) is 0 Å². The Hall–Kier alpha value is -0.320. The number of rotatable bonds is 3. The molecule has 0 fully saturated rings. The third-order valence-electron chi connectivity index (χ3n) is 0.748. The molecule has 0 N–H and O–H groups in total. The highest BCUT2D eigenvalue weighted by atomic mass is 19.3. The molecule has 0 aromatic heterocycles. The minimum atomic E-state index is -3.48. The molecule has 10 heavy (non-hydrogen) atoms. The molecule has 1 unspecified atom stereocenters. The van der Waals surface area contributed by atoms with E-state index in [0.29, 0.717) is 6.92 Å². The van der Waals surface area contributed by atoms with Gasteiger partial charge >= 0.3 is 6.11 Å². The van der Waals surface area contributed by atoms with Crippen LogP contribution in [-0.2, 0) is 4.74 Å². The number of hydrogen-bond donors (Lipinski definition) is 0. The molecule has 5 heteroatoms. The molecule has 0 aromatic rings. The fraction of sp³-hybridized carbons (Fsp3) is 1.00. The van der Waals surface area contributed by atoms with E-state index in [0.717, 1.165) is 6.92 Å². The van der Waals surface area contributed by atoms with Gasteiger partial charge in [0.15, 0.2) is 0 Å². The third-order valence-corrected chi connectivity index (χ3v) is 0.748. The van der Waals surface area contributed by atoms with Crippen LogP contribution in [0.25, 0.3) is 0 Å². The Morgan fingerprint density at radius 3 is 1.80 bits per heavy atom. The maximum atomic E-state index is 11.8. The highest BCUT2D eigenvalue weighted by Gasteiger charge is 2.29. The van der Waals surface area contributed by atoms with E-state index in [4.69, 9.17) is 0 Å². The molecule has 0 radical (unpaired) electrons. The van der Waals surface area contributed by atoms with Crippen molar-refractivity contribution in [1.29, 1.82) is 0 Å². The first-order chi connectivity index (χ1) is 4.33. The molecule has 0 bridgehead atoms. The van der Waals surface area contributed by atoms with E-state index in [-0.39, 0.29) is 0 Å². The minimum absolute atomic E-state index is 0.422. The van der Waals surface area contributed by atoms with Crippen LogP contribution in [0.2, 0.25) is 0 Å². The van der Waals surface area contributed by atoms with Gasteiger partial charge in [-0.25, -0.2) is 8.78 Å². The van der Waals surface area contributed by atoms with Gasteiger partial charge in [-0.05, 0) is 6.92 Å². The molecule has 0 saturated heterocycles. The molecule has 1 atom stereocenters. The van der Waals surface area contributed by atoms with Gasteiger partial charge in [0.25, 0.3) is 6.43 Å². The average Bonchev–Trinajstić information content (AvgIpc) is 1.60. The number of hydrogen-bond acceptors (Lipinski definition) is 1. The van der Waals surface area contributed by atoms with Crippen molar-refractivity contribution in [1.82, 2.24) is 0 Å². The largest absolute Gasteiger partial charge is 0.353 e. The second-order valence-corrected chi connectivity index (χ2v) is 1.97. The van der Waals surface area contributed by atoms with Crippen LogP contribution >= 0.6 is 0 Å². The first-order valence-electron chi connectivity index (χ1n) is 2.66. The molecular formula is C5H8F4O. The minimum Gasteiger partial charge on any atom is -0.312 e. The zero-order valence-electron chi connectivity index (χ0n) is 5.57. The molecule has 0 aliphatic heterocycles. The first-order valence-corrected chi connectivity index (χ1v) is 2.66. The number of ether oxygens (including phenoxy) is 1. The Bertz CT molecular complexity index is 98.3. The van der Waals surface area contributed by atoms with E-state index in [2.05, 4.69) is 4.74 Å². The van der Waals surface area contributed by atoms with Crippen LogP contribution in [-0.4, -0.2) is 18.6 Å². The molecule has 0 aliphatic rings. The van der Waals surface area contributed by atoms with Crippen LogP contribution in [0.4, 0.5) is 17.6 Å². The van der Waals surface area contributed by atoms with Crippen LogP contribution in [0.1, 0.15) is 13.8 Å². The quantitative estimate of drug-likeness (QED) is 0.575. The van der Waals surface area contributed by atoms with Crippen molar-refractivity contribution in [2.75, 3.05) is 0 Å². The summed E-state index contributed by atoms with van der Waals surface area (Å²) in [5.41, 5.74) is 0. The van der Waals surface area contributed by atoms with Crippen molar-refractivity contribution >= 4 is 0 Å². The van der Waals surface area contributed by atoms with Gasteiger partial charge in [0, 0.05) is 6.92 Å². The second kappa shape index (κ2) is 3.18. The molecule has 0 amide bonds. The normalized spacial score (nSPS) is 15.9. The van der Waals surface area contributed by atoms with Crippen LogP contribution in [0.15, 0.2) is 0 Å². The van der Waals surface area contributed by atoms with Crippen LogP contribution in [0, 0.1) is 0 Å². The summed E-state index contributed by atoms with van der Waals surface area (Å²) >= 11 is 0. The van der Waals surface area contributed by atoms with E-state index in [1.807, 2.05) is 0 Å². The molecule has 0 spiro atoms. The second-order valence-electron chi connectivity index (χ2n) is 1.97. The highest BCUT2D eigenvalue weighted by molar-refractivity contribution is 4.54.